The minimum absolute atomic E-state index is 0.247. The maximum atomic E-state index is 12.8. The van der Waals surface area contributed by atoms with Gasteiger partial charge >= 0.3 is 7.60 Å². The average Bonchev–Trinajstić information content (AvgIpc) is 2.37. The molecule has 0 aliphatic heterocycles. The van der Waals surface area contributed by atoms with Crippen molar-refractivity contribution in [3.8, 4) is 0 Å². The molecule has 5 heteroatoms. The van der Waals surface area contributed by atoms with Gasteiger partial charge in [0.2, 0.25) is 0 Å². The molecule has 0 fully saturated rings. The highest BCUT2D eigenvalue weighted by molar-refractivity contribution is 8.04. The zero-order chi connectivity index (χ0) is 13.4. The summed E-state index contributed by atoms with van der Waals surface area (Å²) in [7, 11) is -3.10. The predicted octanol–water partition coefficient (Wildman–Crippen LogP) is 4.70. The number of hydrogen-bond acceptors (Lipinski definition) is 4. The molecule has 0 heterocycles. The van der Waals surface area contributed by atoms with E-state index in [4.69, 9.17) is 9.05 Å². The highest BCUT2D eigenvalue weighted by atomic mass is 32.2. The Kier molecular flexibility index (Phi) is 7.02. The van der Waals surface area contributed by atoms with Gasteiger partial charge < -0.3 is 9.05 Å². The summed E-state index contributed by atoms with van der Waals surface area (Å²) in [6.07, 6.45) is 0. The third-order valence-electron chi connectivity index (χ3n) is 2.31. The minimum atomic E-state index is -3.10. The molecule has 0 saturated carbocycles. The van der Waals surface area contributed by atoms with Gasteiger partial charge in [0.1, 0.15) is 4.99 Å². The van der Waals surface area contributed by atoms with Gasteiger partial charge in [0.25, 0.3) is 0 Å². The Bertz CT molecular complexity index is 373. The van der Waals surface area contributed by atoms with Gasteiger partial charge in [-0.05, 0) is 25.2 Å². The van der Waals surface area contributed by atoms with Crippen LogP contribution in [-0.2, 0) is 13.6 Å². The van der Waals surface area contributed by atoms with Gasteiger partial charge in [-0.3, -0.25) is 4.57 Å². The van der Waals surface area contributed by atoms with Gasteiger partial charge in [0.15, 0.2) is 0 Å². The Labute approximate surface area is 114 Å². The van der Waals surface area contributed by atoms with Crippen molar-refractivity contribution in [3.63, 3.8) is 0 Å². The summed E-state index contributed by atoms with van der Waals surface area (Å²) in [4.78, 5) is -0.247. The molecule has 0 saturated heterocycles. The van der Waals surface area contributed by atoms with Gasteiger partial charge in [0, 0.05) is 0 Å². The molecular formula is C13H21O3PS. The van der Waals surface area contributed by atoms with Crippen molar-refractivity contribution in [2.45, 2.75) is 25.8 Å². The van der Waals surface area contributed by atoms with Crippen LogP contribution in [0.3, 0.4) is 0 Å². The summed E-state index contributed by atoms with van der Waals surface area (Å²) < 4.78 is 23.7. The molecular weight excluding hydrogens is 267 g/mol. The summed E-state index contributed by atoms with van der Waals surface area (Å²) in [5.41, 5.74) is 0.995. The van der Waals surface area contributed by atoms with Crippen molar-refractivity contribution in [1.29, 1.82) is 0 Å². The van der Waals surface area contributed by atoms with Crippen molar-refractivity contribution < 1.29 is 13.6 Å². The van der Waals surface area contributed by atoms with E-state index in [1.54, 1.807) is 11.8 Å². The van der Waals surface area contributed by atoms with Crippen LogP contribution in [0, 0.1) is 0 Å². The third kappa shape index (κ3) is 4.13. The van der Waals surface area contributed by atoms with E-state index in [2.05, 4.69) is 0 Å². The second-order valence-corrected chi connectivity index (χ2v) is 7.44. The fraction of sp³-hybridized carbons (Fsp3) is 0.538. The molecule has 1 atom stereocenters. The van der Waals surface area contributed by atoms with Crippen molar-refractivity contribution in [2.24, 2.45) is 0 Å². The number of thioether (sulfide) groups is 1. The molecule has 1 unspecified atom stereocenters. The van der Waals surface area contributed by atoms with E-state index in [1.165, 1.54) is 0 Å². The number of benzene rings is 1. The van der Waals surface area contributed by atoms with Crippen LogP contribution in [0.1, 0.15) is 31.3 Å². The second kappa shape index (κ2) is 8.00. The van der Waals surface area contributed by atoms with E-state index in [9.17, 15) is 4.57 Å². The quantitative estimate of drug-likeness (QED) is 0.649. The lowest BCUT2D eigenvalue weighted by molar-refractivity contribution is 0.218. The molecule has 0 aromatic heterocycles. The third-order valence-corrected chi connectivity index (χ3v) is 6.57. The van der Waals surface area contributed by atoms with Crippen LogP contribution in [0.4, 0.5) is 0 Å². The summed E-state index contributed by atoms with van der Waals surface area (Å²) in [6.45, 7) is 6.51. The lowest BCUT2D eigenvalue weighted by Crippen LogP contribution is -2.04. The van der Waals surface area contributed by atoms with Gasteiger partial charge in [-0.15, -0.1) is 11.8 Å². The highest BCUT2D eigenvalue weighted by Gasteiger charge is 2.36. The van der Waals surface area contributed by atoms with Gasteiger partial charge in [-0.25, -0.2) is 0 Å². The van der Waals surface area contributed by atoms with Crippen LogP contribution in [-0.4, -0.2) is 19.0 Å². The van der Waals surface area contributed by atoms with Crippen LogP contribution in [0.25, 0.3) is 0 Å². The Balaban J connectivity index is 3.04. The van der Waals surface area contributed by atoms with E-state index in [0.29, 0.717) is 13.2 Å². The Morgan fingerprint density at radius 3 is 2.11 bits per heavy atom. The molecule has 0 aliphatic carbocycles. The van der Waals surface area contributed by atoms with Crippen LogP contribution in [0.2, 0.25) is 0 Å². The van der Waals surface area contributed by atoms with Crippen LogP contribution >= 0.6 is 19.4 Å². The topological polar surface area (TPSA) is 35.5 Å². The first kappa shape index (κ1) is 15.8. The monoisotopic (exact) mass is 288 g/mol. The van der Waals surface area contributed by atoms with Crippen molar-refractivity contribution >= 4 is 19.4 Å². The first-order chi connectivity index (χ1) is 8.68. The molecule has 0 bridgehead atoms. The first-order valence-corrected chi connectivity index (χ1v) is 8.89. The van der Waals surface area contributed by atoms with E-state index >= 15 is 0 Å². The molecule has 1 rings (SSSR count). The normalized spacial score (nSPS) is 13.5. The largest absolute Gasteiger partial charge is 0.347 e. The lowest BCUT2D eigenvalue weighted by Gasteiger charge is -2.25. The highest BCUT2D eigenvalue weighted by Crippen LogP contribution is 2.65. The van der Waals surface area contributed by atoms with Gasteiger partial charge in [-0.1, -0.05) is 37.3 Å². The van der Waals surface area contributed by atoms with E-state index in [1.807, 2.05) is 51.1 Å². The zero-order valence-corrected chi connectivity index (χ0v) is 12.9. The van der Waals surface area contributed by atoms with Crippen molar-refractivity contribution in [3.05, 3.63) is 35.9 Å². The summed E-state index contributed by atoms with van der Waals surface area (Å²) >= 11 is 1.60. The maximum absolute atomic E-state index is 12.8. The van der Waals surface area contributed by atoms with Crippen LogP contribution in [0.15, 0.2) is 30.3 Å². The molecule has 0 N–H and O–H groups in total. The van der Waals surface area contributed by atoms with E-state index in [0.717, 1.165) is 11.3 Å². The summed E-state index contributed by atoms with van der Waals surface area (Å²) in [5.74, 6) is 0.865. The minimum Gasteiger partial charge on any atom is -0.308 e. The summed E-state index contributed by atoms with van der Waals surface area (Å²) in [5, 5.41) is 0. The predicted molar refractivity (Wildman–Crippen MR) is 78.2 cm³/mol. The molecule has 18 heavy (non-hydrogen) atoms. The SMILES string of the molecule is CCOP(=O)(OCC)C(SCC)c1ccccc1. The van der Waals surface area contributed by atoms with Gasteiger partial charge in [0.05, 0.1) is 13.2 Å². The van der Waals surface area contributed by atoms with Gasteiger partial charge in [-0.2, -0.15) is 0 Å². The Hall–Kier alpha value is -0.280. The van der Waals surface area contributed by atoms with E-state index in [-0.39, 0.29) is 4.99 Å². The molecule has 1 aromatic rings. The fourth-order valence-electron chi connectivity index (χ4n) is 1.68. The van der Waals surface area contributed by atoms with Crippen LogP contribution < -0.4 is 0 Å². The molecule has 102 valence electrons. The Morgan fingerprint density at radius 1 is 1.11 bits per heavy atom. The van der Waals surface area contributed by atoms with E-state index < -0.39 is 7.60 Å². The molecule has 0 spiro atoms. The Morgan fingerprint density at radius 2 is 1.67 bits per heavy atom. The molecule has 0 radical (unpaired) electrons. The number of rotatable bonds is 8. The zero-order valence-electron chi connectivity index (χ0n) is 11.2. The molecule has 0 amide bonds. The molecule has 1 aromatic carbocycles. The lowest BCUT2D eigenvalue weighted by atomic mass is 10.2. The second-order valence-electron chi connectivity index (χ2n) is 3.59. The fourth-order valence-corrected chi connectivity index (χ4v) is 5.49. The first-order valence-electron chi connectivity index (χ1n) is 6.23. The van der Waals surface area contributed by atoms with Crippen molar-refractivity contribution in [2.75, 3.05) is 19.0 Å². The summed E-state index contributed by atoms with van der Waals surface area (Å²) in [6, 6.07) is 9.78. The molecule has 3 nitrogen and oxygen atoms in total. The maximum Gasteiger partial charge on any atom is 0.347 e. The van der Waals surface area contributed by atoms with Crippen LogP contribution in [0.5, 0.6) is 0 Å². The molecule has 0 aliphatic rings. The smallest absolute Gasteiger partial charge is 0.308 e. The van der Waals surface area contributed by atoms with Crippen molar-refractivity contribution in [1.82, 2.24) is 0 Å². The standard InChI is InChI=1S/C13H21O3PS/c1-4-15-17(14,16-5-2)13(18-6-3)12-10-8-7-9-11-12/h7-11,13H,4-6H2,1-3H3. The number of hydrogen-bond donors (Lipinski definition) is 0. The average molecular weight is 288 g/mol.